The number of hydrogen-bond donors (Lipinski definition) is 0. The molecule has 0 bridgehead atoms. The van der Waals surface area contributed by atoms with Crippen LogP contribution in [0.1, 0.15) is 70.1 Å². The minimum atomic E-state index is -1.57. The summed E-state index contributed by atoms with van der Waals surface area (Å²) >= 11 is 0. The number of ketones is 2. The van der Waals surface area contributed by atoms with E-state index in [2.05, 4.69) is 0 Å². The van der Waals surface area contributed by atoms with E-state index in [9.17, 15) is 14.4 Å². The number of rotatable bonds is 2. The molecule has 0 saturated carbocycles. The predicted octanol–water partition coefficient (Wildman–Crippen LogP) is 4.95. The molecule has 6 rings (SSSR count). The van der Waals surface area contributed by atoms with Crippen molar-refractivity contribution in [3.63, 3.8) is 0 Å². The Morgan fingerprint density at radius 3 is 2.08 bits per heavy atom. The molecule has 2 aliphatic heterocycles. The third-order valence-electron chi connectivity index (χ3n) is 7.38. The molecule has 1 saturated heterocycles. The number of fused-ring (bicyclic) bond motifs is 5. The molecule has 1 fully saturated rings. The van der Waals surface area contributed by atoms with Crippen LogP contribution in [-0.4, -0.2) is 40.4 Å². The van der Waals surface area contributed by atoms with Crippen LogP contribution in [-0.2, 0) is 9.53 Å². The summed E-state index contributed by atoms with van der Waals surface area (Å²) in [5.74, 6) is -1.85. The minimum absolute atomic E-state index is 0.273. The SMILES string of the molecule is CC(C)(C)OC(=O)[C@H]1[C@H](c2ccccc2)C2(C(=O)c3ccccc3C2=O)[C@H]2c3ccccc3C=NN12. The fraction of sp³-hybridized carbons (Fsp3) is 0.267. The highest BCUT2D eigenvalue weighted by Crippen LogP contribution is 2.64. The van der Waals surface area contributed by atoms with Gasteiger partial charge < -0.3 is 4.74 Å². The Labute approximate surface area is 209 Å². The highest BCUT2D eigenvalue weighted by atomic mass is 16.6. The van der Waals surface area contributed by atoms with E-state index in [1.807, 2.05) is 54.6 Å². The van der Waals surface area contributed by atoms with E-state index in [1.165, 1.54) is 0 Å². The van der Waals surface area contributed by atoms with Crippen LogP contribution in [0.2, 0.25) is 0 Å². The predicted molar refractivity (Wildman–Crippen MR) is 135 cm³/mol. The third-order valence-corrected chi connectivity index (χ3v) is 7.38. The first kappa shape index (κ1) is 22.4. The van der Waals surface area contributed by atoms with E-state index < -0.39 is 35.0 Å². The number of Topliss-reactive ketones (excluding diaryl/α,β-unsaturated/α-hetero) is 2. The van der Waals surface area contributed by atoms with E-state index in [-0.39, 0.29) is 11.6 Å². The van der Waals surface area contributed by atoms with Crippen molar-refractivity contribution in [3.05, 3.63) is 107 Å². The van der Waals surface area contributed by atoms with Crippen LogP contribution in [0.15, 0.2) is 84.0 Å². The topological polar surface area (TPSA) is 76.0 Å². The molecule has 6 heteroatoms. The third kappa shape index (κ3) is 2.97. The van der Waals surface area contributed by atoms with E-state index >= 15 is 0 Å². The van der Waals surface area contributed by atoms with Crippen LogP contribution in [0.4, 0.5) is 0 Å². The van der Waals surface area contributed by atoms with E-state index in [0.29, 0.717) is 11.1 Å². The molecule has 0 aromatic heterocycles. The van der Waals surface area contributed by atoms with Crippen LogP contribution in [0.5, 0.6) is 0 Å². The Kier molecular flexibility index (Phi) is 4.80. The second-order valence-electron chi connectivity index (χ2n) is 10.6. The number of hydrogen-bond acceptors (Lipinski definition) is 6. The number of nitrogens with zero attached hydrogens (tertiary/aromatic N) is 2. The fourth-order valence-corrected chi connectivity index (χ4v) is 6.14. The first-order chi connectivity index (χ1) is 17.2. The van der Waals surface area contributed by atoms with Gasteiger partial charge in [-0.1, -0.05) is 78.9 Å². The van der Waals surface area contributed by atoms with Gasteiger partial charge >= 0.3 is 5.97 Å². The first-order valence-corrected chi connectivity index (χ1v) is 12.1. The molecule has 0 N–H and O–H groups in total. The van der Waals surface area contributed by atoms with Crippen LogP contribution in [0.3, 0.4) is 0 Å². The molecule has 1 aliphatic carbocycles. The van der Waals surface area contributed by atoms with Crippen molar-refractivity contribution in [3.8, 4) is 0 Å². The van der Waals surface area contributed by atoms with Gasteiger partial charge in [0.15, 0.2) is 17.6 Å². The van der Waals surface area contributed by atoms with Gasteiger partial charge in [0, 0.05) is 17.0 Å². The molecule has 1 spiro atoms. The summed E-state index contributed by atoms with van der Waals surface area (Å²) in [5.41, 5.74) is 0.805. The second kappa shape index (κ2) is 7.72. The fourth-order valence-electron chi connectivity index (χ4n) is 6.14. The molecular weight excluding hydrogens is 452 g/mol. The number of esters is 1. The number of carbonyl (C=O) groups excluding carboxylic acids is 3. The Morgan fingerprint density at radius 1 is 0.861 bits per heavy atom. The van der Waals surface area contributed by atoms with Crippen molar-refractivity contribution in [1.29, 1.82) is 0 Å². The van der Waals surface area contributed by atoms with Gasteiger partial charge in [-0.2, -0.15) is 5.10 Å². The smallest absolute Gasteiger partial charge is 0.331 e. The molecule has 3 aromatic carbocycles. The summed E-state index contributed by atoms with van der Waals surface area (Å²) in [4.78, 5) is 42.8. The maximum atomic E-state index is 14.5. The van der Waals surface area contributed by atoms with Gasteiger partial charge in [0.05, 0.1) is 12.3 Å². The standard InChI is InChI=1S/C30H26N2O4/c1-29(2,3)36-28(35)24-23(18-11-5-4-6-12-18)30(26(33)21-15-9-10-16-22(21)27(30)34)25-20-14-8-7-13-19(20)17-31-32(24)25/h4-17,23-25H,1-3H3/t23-,24+,25+/m0/s1. The number of ether oxygens (including phenoxy) is 1. The Balaban J connectivity index is 1.67. The molecule has 2 heterocycles. The lowest BCUT2D eigenvalue weighted by molar-refractivity contribution is -0.161. The zero-order chi connectivity index (χ0) is 25.2. The monoisotopic (exact) mass is 478 g/mol. The van der Waals surface area contributed by atoms with E-state index in [4.69, 9.17) is 9.84 Å². The van der Waals surface area contributed by atoms with Crippen LogP contribution < -0.4 is 0 Å². The zero-order valence-corrected chi connectivity index (χ0v) is 20.3. The summed E-state index contributed by atoms with van der Waals surface area (Å²) < 4.78 is 5.88. The van der Waals surface area contributed by atoms with E-state index in [0.717, 1.165) is 16.7 Å². The van der Waals surface area contributed by atoms with Crippen LogP contribution in [0.25, 0.3) is 0 Å². The van der Waals surface area contributed by atoms with E-state index in [1.54, 1.807) is 56.3 Å². The van der Waals surface area contributed by atoms with Crippen molar-refractivity contribution in [2.75, 3.05) is 0 Å². The van der Waals surface area contributed by atoms with Crippen molar-refractivity contribution >= 4 is 23.8 Å². The first-order valence-electron chi connectivity index (χ1n) is 12.1. The normalized spacial score (nSPS) is 23.4. The molecule has 0 amide bonds. The van der Waals surface area contributed by atoms with Gasteiger partial charge in [0.2, 0.25) is 0 Å². The van der Waals surface area contributed by atoms with Gasteiger partial charge in [-0.15, -0.1) is 0 Å². The Morgan fingerprint density at radius 2 is 1.44 bits per heavy atom. The summed E-state index contributed by atoms with van der Waals surface area (Å²) in [6.45, 7) is 5.42. The minimum Gasteiger partial charge on any atom is -0.458 e. The molecule has 0 unspecified atom stereocenters. The largest absolute Gasteiger partial charge is 0.458 e. The van der Waals surface area contributed by atoms with Crippen molar-refractivity contribution in [2.45, 2.75) is 44.4 Å². The van der Waals surface area contributed by atoms with Crippen molar-refractivity contribution in [2.24, 2.45) is 10.5 Å². The molecule has 3 atom stereocenters. The quantitative estimate of drug-likeness (QED) is 0.385. The zero-order valence-electron chi connectivity index (χ0n) is 20.3. The Bertz CT molecular complexity index is 1400. The summed E-state index contributed by atoms with van der Waals surface area (Å²) in [5, 5.41) is 6.34. The van der Waals surface area contributed by atoms with Crippen LogP contribution >= 0.6 is 0 Å². The van der Waals surface area contributed by atoms with Crippen molar-refractivity contribution < 1.29 is 19.1 Å². The molecule has 180 valence electrons. The lowest BCUT2D eigenvalue weighted by Gasteiger charge is -2.36. The highest BCUT2D eigenvalue weighted by molar-refractivity contribution is 6.31. The average molecular weight is 479 g/mol. The van der Waals surface area contributed by atoms with Crippen LogP contribution in [0, 0.1) is 5.41 Å². The number of carbonyl (C=O) groups is 3. The number of benzene rings is 3. The molecule has 0 radical (unpaired) electrons. The molecule has 6 nitrogen and oxygen atoms in total. The Hall–Kier alpha value is -4.06. The second-order valence-corrected chi connectivity index (χ2v) is 10.6. The lowest BCUT2D eigenvalue weighted by atomic mass is 9.63. The summed E-state index contributed by atoms with van der Waals surface area (Å²) in [6.07, 6.45) is 1.70. The molecule has 3 aromatic rings. The van der Waals surface area contributed by atoms with Crippen molar-refractivity contribution in [1.82, 2.24) is 5.01 Å². The van der Waals surface area contributed by atoms with Gasteiger partial charge in [0.25, 0.3) is 0 Å². The van der Waals surface area contributed by atoms with Gasteiger partial charge in [0.1, 0.15) is 11.0 Å². The highest BCUT2D eigenvalue weighted by Gasteiger charge is 2.73. The number of hydrazone groups is 1. The molecule has 36 heavy (non-hydrogen) atoms. The summed E-state index contributed by atoms with van der Waals surface area (Å²) in [6, 6.07) is 22.2. The van der Waals surface area contributed by atoms with Gasteiger partial charge in [-0.25, -0.2) is 4.79 Å². The lowest BCUT2D eigenvalue weighted by Crippen LogP contribution is -2.44. The molecule has 3 aliphatic rings. The maximum Gasteiger partial charge on any atom is 0.331 e. The average Bonchev–Trinajstić information content (AvgIpc) is 3.30. The summed E-state index contributed by atoms with van der Waals surface area (Å²) in [7, 11) is 0. The maximum absolute atomic E-state index is 14.5. The van der Waals surface area contributed by atoms with Gasteiger partial charge in [-0.3, -0.25) is 14.6 Å². The molecular formula is C30H26N2O4. The van der Waals surface area contributed by atoms with Gasteiger partial charge in [-0.05, 0) is 37.5 Å².